The molecule has 0 aliphatic carbocycles. The van der Waals surface area contributed by atoms with Gasteiger partial charge in [-0.1, -0.05) is 11.6 Å². The Hall–Kier alpha value is -0.540. The van der Waals surface area contributed by atoms with Crippen LogP contribution in [0.15, 0.2) is 0 Å². The molecule has 0 fully saturated rings. The van der Waals surface area contributed by atoms with Gasteiger partial charge in [0.2, 0.25) is 0 Å². The fraction of sp³-hybridized carbons (Fsp3) is 0.700. The van der Waals surface area contributed by atoms with Crippen LogP contribution in [0.1, 0.15) is 38.2 Å². The number of rotatable bonds is 1. The van der Waals surface area contributed by atoms with Crippen LogP contribution >= 0.6 is 11.6 Å². The standard InChI is InChI=1S/C10H15ClN2O/c1-10(2,14)8-9(11)12-7-5-3-4-6-13(7)8/h14H,3-6H2,1-2H3. The van der Waals surface area contributed by atoms with Crippen molar-refractivity contribution in [1.29, 1.82) is 0 Å². The summed E-state index contributed by atoms with van der Waals surface area (Å²) in [7, 11) is 0. The summed E-state index contributed by atoms with van der Waals surface area (Å²) < 4.78 is 2.06. The molecule has 1 aliphatic rings. The van der Waals surface area contributed by atoms with Crippen molar-refractivity contribution in [3.8, 4) is 0 Å². The van der Waals surface area contributed by atoms with E-state index in [0.717, 1.165) is 30.9 Å². The molecule has 0 unspecified atom stereocenters. The van der Waals surface area contributed by atoms with Crippen LogP contribution < -0.4 is 0 Å². The van der Waals surface area contributed by atoms with Crippen LogP contribution in [-0.2, 0) is 18.6 Å². The molecule has 0 saturated carbocycles. The molecule has 0 aromatic carbocycles. The molecule has 0 bridgehead atoms. The Balaban J connectivity index is 2.53. The second-order valence-corrected chi connectivity index (χ2v) is 4.69. The van der Waals surface area contributed by atoms with Gasteiger partial charge in [-0.3, -0.25) is 0 Å². The van der Waals surface area contributed by atoms with Crippen LogP contribution in [0.5, 0.6) is 0 Å². The lowest BCUT2D eigenvalue weighted by Gasteiger charge is -2.23. The number of hydrogen-bond acceptors (Lipinski definition) is 2. The number of fused-ring (bicyclic) bond motifs is 1. The summed E-state index contributed by atoms with van der Waals surface area (Å²) in [6.45, 7) is 4.42. The third kappa shape index (κ3) is 1.55. The van der Waals surface area contributed by atoms with E-state index in [9.17, 15) is 5.11 Å². The number of aliphatic hydroxyl groups is 1. The molecule has 1 aliphatic heterocycles. The van der Waals surface area contributed by atoms with Crippen molar-refractivity contribution in [2.24, 2.45) is 0 Å². The molecule has 3 nitrogen and oxygen atoms in total. The molecule has 0 spiro atoms. The average Bonchev–Trinajstić information content (AvgIpc) is 2.38. The Morgan fingerprint density at radius 3 is 2.79 bits per heavy atom. The molecule has 0 radical (unpaired) electrons. The minimum absolute atomic E-state index is 0.453. The highest BCUT2D eigenvalue weighted by molar-refractivity contribution is 6.30. The highest BCUT2D eigenvalue weighted by Crippen LogP contribution is 2.31. The van der Waals surface area contributed by atoms with Crippen molar-refractivity contribution in [1.82, 2.24) is 9.55 Å². The fourth-order valence-electron chi connectivity index (χ4n) is 2.03. The summed E-state index contributed by atoms with van der Waals surface area (Å²) in [5.74, 6) is 1.01. The summed E-state index contributed by atoms with van der Waals surface area (Å²) >= 11 is 6.03. The number of imidazole rings is 1. The van der Waals surface area contributed by atoms with Crippen molar-refractivity contribution in [2.45, 2.75) is 45.3 Å². The zero-order valence-electron chi connectivity index (χ0n) is 8.55. The molecule has 4 heteroatoms. The van der Waals surface area contributed by atoms with Gasteiger partial charge < -0.3 is 9.67 Å². The van der Waals surface area contributed by atoms with Crippen molar-refractivity contribution < 1.29 is 5.11 Å². The van der Waals surface area contributed by atoms with E-state index in [1.165, 1.54) is 6.42 Å². The normalized spacial score (nSPS) is 16.9. The van der Waals surface area contributed by atoms with Gasteiger partial charge in [0.15, 0.2) is 5.15 Å². The molecule has 1 aromatic rings. The third-order valence-corrected chi connectivity index (χ3v) is 2.88. The number of nitrogens with zero attached hydrogens (tertiary/aromatic N) is 2. The largest absolute Gasteiger partial charge is 0.384 e. The first-order valence-electron chi connectivity index (χ1n) is 4.98. The van der Waals surface area contributed by atoms with E-state index in [4.69, 9.17) is 11.6 Å². The molecular formula is C10H15ClN2O. The van der Waals surface area contributed by atoms with Gasteiger partial charge in [0, 0.05) is 13.0 Å². The average molecular weight is 215 g/mol. The number of aromatic nitrogens is 2. The zero-order valence-corrected chi connectivity index (χ0v) is 9.30. The van der Waals surface area contributed by atoms with Crippen LogP contribution in [0.4, 0.5) is 0 Å². The number of hydrogen-bond donors (Lipinski definition) is 1. The van der Waals surface area contributed by atoms with Crippen LogP contribution in [0.3, 0.4) is 0 Å². The Bertz CT molecular complexity index is 352. The van der Waals surface area contributed by atoms with Gasteiger partial charge in [0.05, 0.1) is 5.69 Å². The van der Waals surface area contributed by atoms with E-state index < -0.39 is 5.60 Å². The van der Waals surface area contributed by atoms with E-state index in [2.05, 4.69) is 9.55 Å². The van der Waals surface area contributed by atoms with Crippen LogP contribution in [-0.4, -0.2) is 14.7 Å². The van der Waals surface area contributed by atoms with Crippen molar-refractivity contribution >= 4 is 11.6 Å². The van der Waals surface area contributed by atoms with E-state index >= 15 is 0 Å². The molecule has 2 rings (SSSR count). The summed E-state index contributed by atoms with van der Waals surface area (Å²) in [5, 5.41) is 10.4. The molecule has 0 amide bonds. The summed E-state index contributed by atoms with van der Waals surface area (Å²) in [6.07, 6.45) is 3.28. The van der Waals surface area contributed by atoms with Crippen LogP contribution in [0, 0.1) is 0 Å². The molecule has 0 atom stereocenters. The molecule has 1 aromatic heterocycles. The van der Waals surface area contributed by atoms with Crippen molar-refractivity contribution in [2.75, 3.05) is 0 Å². The smallest absolute Gasteiger partial charge is 0.153 e. The highest BCUT2D eigenvalue weighted by Gasteiger charge is 2.28. The summed E-state index contributed by atoms with van der Waals surface area (Å²) in [4.78, 5) is 4.29. The minimum atomic E-state index is -0.903. The molecular weight excluding hydrogens is 200 g/mol. The van der Waals surface area contributed by atoms with E-state index in [1.54, 1.807) is 13.8 Å². The lowest BCUT2D eigenvalue weighted by molar-refractivity contribution is 0.0689. The van der Waals surface area contributed by atoms with E-state index in [1.807, 2.05) is 0 Å². The maximum Gasteiger partial charge on any atom is 0.153 e. The Morgan fingerprint density at radius 1 is 1.43 bits per heavy atom. The van der Waals surface area contributed by atoms with Crippen molar-refractivity contribution in [3.63, 3.8) is 0 Å². The minimum Gasteiger partial charge on any atom is -0.384 e. The Labute approximate surface area is 88.7 Å². The van der Waals surface area contributed by atoms with Crippen molar-refractivity contribution in [3.05, 3.63) is 16.7 Å². The predicted octanol–water partition coefficient (Wildman–Crippen LogP) is 2.10. The Morgan fingerprint density at radius 2 is 2.14 bits per heavy atom. The first-order chi connectivity index (χ1) is 6.50. The monoisotopic (exact) mass is 214 g/mol. The maximum absolute atomic E-state index is 9.97. The second kappa shape index (κ2) is 3.24. The maximum atomic E-state index is 9.97. The highest BCUT2D eigenvalue weighted by atomic mass is 35.5. The fourth-order valence-corrected chi connectivity index (χ4v) is 2.47. The van der Waals surface area contributed by atoms with Gasteiger partial charge >= 0.3 is 0 Å². The van der Waals surface area contributed by atoms with E-state index in [-0.39, 0.29) is 0 Å². The molecule has 78 valence electrons. The topological polar surface area (TPSA) is 38.1 Å². The van der Waals surface area contributed by atoms with Gasteiger partial charge in [0.1, 0.15) is 11.4 Å². The number of aryl methyl sites for hydroxylation is 1. The quantitative estimate of drug-likeness (QED) is 0.778. The first-order valence-corrected chi connectivity index (χ1v) is 5.35. The lowest BCUT2D eigenvalue weighted by atomic mass is 10.1. The number of halogens is 1. The van der Waals surface area contributed by atoms with Gasteiger partial charge in [-0.2, -0.15) is 0 Å². The third-order valence-electron chi connectivity index (χ3n) is 2.62. The SMILES string of the molecule is CC(C)(O)c1c(Cl)nc2n1CCCC2. The lowest BCUT2D eigenvalue weighted by Crippen LogP contribution is -2.24. The summed E-state index contributed by atoms with van der Waals surface area (Å²) in [6, 6.07) is 0. The molecule has 0 saturated heterocycles. The van der Waals surface area contributed by atoms with Gasteiger partial charge in [0.25, 0.3) is 0 Å². The molecule has 2 heterocycles. The second-order valence-electron chi connectivity index (χ2n) is 4.34. The van der Waals surface area contributed by atoms with Gasteiger partial charge in [-0.25, -0.2) is 4.98 Å². The van der Waals surface area contributed by atoms with Crippen LogP contribution in [0.2, 0.25) is 5.15 Å². The zero-order chi connectivity index (χ0) is 10.3. The van der Waals surface area contributed by atoms with Gasteiger partial charge in [-0.05, 0) is 26.7 Å². The molecule has 14 heavy (non-hydrogen) atoms. The van der Waals surface area contributed by atoms with E-state index in [0.29, 0.717) is 5.15 Å². The van der Waals surface area contributed by atoms with Gasteiger partial charge in [-0.15, -0.1) is 0 Å². The molecule has 1 N–H and O–H groups in total. The first kappa shape index (κ1) is 9.99. The summed E-state index contributed by atoms with van der Waals surface area (Å²) in [5.41, 5.74) is -0.145. The predicted molar refractivity (Wildman–Crippen MR) is 55.4 cm³/mol. The Kier molecular flexibility index (Phi) is 2.32. The van der Waals surface area contributed by atoms with Crippen LogP contribution in [0.25, 0.3) is 0 Å².